The maximum atomic E-state index is 11.3. The summed E-state index contributed by atoms with van der Waals surface area (Å²) in [5, 5.41) is 9.08. The van der Waals surface area contributed by atoms with Crippen LogP contribution >= 0.6 is 0 Å². The van der Waals surface area contributed by atoms with Crippen LogP contribution in [-0.4, -0.2) is 33.3 Å². The van der Waals surface area contributed by atoms with Crippen molar-refractivity contribution < 1.29 is 14.3 Å². The molecule has 0 saturated carbocycles. The number of hydrogen-bond donors (Lipinski definition) is 0. The molecule has 0 aliphatic heterocycles. The molecule has 0 atom stereocenters. The van der Waals surface area contributed by atoms with Crippen LogP contribution in [0.3, 0.4) is 0 Å². The van der Waals surface area contributed by atoms with E-state index in [-0.39, 0.29) is 12.4 Å². The first-order chi connectivity index (χ1) is 9.12. The minimum atomic E-state index is -0.240. The van der Waals surface area contributed by atoms with Crippen molar-refractivity contribution in [3.05, 3.63) is 23.8 Å². The van der Waals surface area contributed by atoms with E-state index in [9.17, 15) is 4.79 Å². The summed E-state index contributed by atoms with van der Waals surface area (Å²) in [6.07, 6.45) is 0.284. The second kappa shape index (κ2) is 7.27. The summed E-state index contributed by atoms with van der Waals surface area (Å²) in [4.78, 5) is 13.2. The largest absolute Gasteiger partial charge is 0.497 e. The number of carbonyl (C=O) groups excluding carboxylic acids is 1. The highest BCUT2D eigenvalue weighted by molar-refractivity contribution is 5.70. The summed E-state index contributed by atoms with van der Waals surface area (Å²) in [5.41, 5.74) is 1.29. The van der Waals surface area contributed by atoms with E-state index in [4.69, 9.17) is 14.7 Å². The normalized spacial score (nSPS) is 9.58. The van der Waals surface area contributed by atoms with Crippen LogP contribution in [0.4, 0.5) is 5.69 Å². The highest BCUT2D eigenvalue weighted by Crippen LogP contribution is 2.24. The van der Waals surface area contributed by atoms with Gasteiger partial charge in [-0.2, -0.15) is 5.26 Å². The van der Waals surface area contributed by atoms with Gasteiger partial charge in [-0.1, -0.05) is 0 Å². The minimum absolute atomic E-state index is 0.240. The summed E-state index contributed by atoms with van der Waals surface area (Å²) in [7, 11) is 3.40. The standard InChI is InChI=1S/C14H18N2O3/c1-4-19-14(17)7-8-16(2)13-9-12(18-3)6-5-11(13)10-15/h5-6,9H,4,7-8H2,1-3H3. The molecule has 1 rings (SSSR count). The Hall–Kier alpha value is -2.22. The quantitative estimate of drug-likeness (QED) is 0.733. The lowest BCUT2D eigenvalue weighted by Crippen LogP contribution is -2.22. The molecule has 19 heavy (non-hydrogen) atoms. The van der Waals surface area contributed by atoms with E-state index in [1.807, 2.05) is 11.9 Å². The molecule has 0 radical (unpaired) electrons. The van der Waals surface area contributed by atoms with Crippen molar-refractivity contribution in [1.82, 2.24) is 0 Å². The van der Waals surface area contributed by atoms with Crippen molar-refractivity contribution in [1.29, 1.82) is 5.26 Å². The van der Waals surface area contributed by atoms with Crippen LogP contribution in [0.2, 0.25) is 0 Å². The molecule has 0 aliphatic rings. The Morgan fingerprint density at radius 1 is 1.47 bits per heavy atom. The van der Waals surface area contributed by atoms with Crippen molar-refractivity contribution in [2.75, 3.05) is 32.2 Å². The highest BCUT2D eigenvalue weighted by Gasteiger charge is 2.11. The number of nitrogens with zero attached hydrogens (tertiary/aromatic N) is 2. The van der Waals surface area contributed by atoms with Crippen LogP contribution < -0.4 is 9.64 Å². The van der Waals surface area contributed by atoms with E-state index in [1.165, 1.54) is 0 Å². The zero-order valence-electron chi connectivity index (χ0n) is 11.5. The molecule has 5 nitrogen and oxygen atoms in total. The van der Waals surface area contributed by atoms with Gasteiger partial charge in [0.1, 0.15) is 11.8 Å². The lowest BCUT2D eigenvalue weighted by Gasteiger charge is -2.20. The third-order valence-electron chi connectivity index (χ3n) is 2.69. The van der Waals surface area contributed by atoms with Gasteiger partial charge in [0.15, 0.2) is 0 Å². The molecule has 0 aromatic heterocycles. The lowest BCUT2D eigenvalue weighted by molar-refractivity contribution is -0.142. The fourth-order valence-electron chi connectivity index (χ4n) is 1.66. The van der Waals surface area contributed by atoms with Crippen LogP contribution in [0, 0.1) is 11.3 Å². The maximum absolute atomic E-state index is 11.3. The van der Waals surface area contributed by atoms with Gasteiger partial charge < -0.3 is 14.4 Å². The molecule has 0 unspecified atom stereocenters. The Morgan fingerprint density at radius 2 is 2.21 bits per heavy atom. The number of hydrogen-bond acceptors (Lipinski definition) is 5. The number of carbonyl (C=O) groups is 1. The molecule has 102 valence electrons. The predicted molar refractivity (Wildman–Crippen MR) is 72.2 cm³/mol. The van der Waals surface area contributed by atoms with Gasteiger partial charge in [0.25, 0.3) is 0 Å². The monoisotopic (exact) mass is 262 g/mol. The van der Waals surface area contributed by atoms with Crippen LogP contribution in [0.15, 0.2) is 18.2 Å². The second-order valence-electron chi connectivity index (χ2n) is 3.97. The Balaban J connectivity index is 2.78. The van der Waals surface area contributed by atoms with Gasteiger partial charge in [-0.15, -0.1) is 0 Å². The molecular formula is C14H18N2O3. The lowest BCUT2D eigenvalue weighted by atomic mass is 10.1. The van der Waals surface area contributed by atoms with Gasteiger partial charge in [0.2, 0.25) is 0 Å². The van der Waals surface area contributed by atoms with E-state index in [0.717, 1.165) is 5.69 Å². The smallest absolute Gasteiger partial charge is 0.307 e. The topological polar surface area (TPSA) is 62.6 Å². The number of esters is 1. The van der Waals surface area contributed by atoms with Crippen LogP contribution in [0.1, 0.15) is 18.9 Å². The number of benzene rings is 1. The first kappa shape index (κ1) is 14.8. The Labute approximate surface area is 113 Å². The number of nitriles is 1. The maximum Gasteiger partial charge on any atom is 0.307 e. The fraction of sp³-hybridized carbons (Fsp3) is 0.429. The zero-order chi connectivity index (χ0) is 14.3. The molecule has 0 spiro atoms. The van der Waals surface area contributed by atoms with Crippen molar-refractivity contribution in [3.8, 4) is 11.8 Å². The molecular weight excluding hydrogens is 244 g/mol. The molecule has 0 fully saturated rings. The van der Waals surface area contributed by atoms with E-state index in [1.54, 1.807) is 32.2 Å². The molecule has 0 heterocycles. The SMILES string of the molecule is CCOC(=O)CCN(C)c1cc(OC)ccc1C#N. The highest BCUT2D eigenvalue weighted by atomic mass is 16.5. The first-order valence-corrected chi connectivity index (χ1v) is 6.07. The molecule has 0 amide bonds. The zero-order valence-corrected chi connectivity index (χ0v) is 11.5. The summed E-state index contributed by atoms with van der Waals surface area (Å²) in [5.74, 6) is 0.438. The molecule has 5 heteroatoms. The Kier molecular flexibility index (Phi) is 5.68. The minimum Gasteiger partial charge on any atom is -0.497 e. The Morgan fingerprint density at radius 3 is 2.79 bits per heavy atom. The summed E-state index contributed by atoms with van der Waals surface area (Å²) >= 11 is 0. The second-order valence-corrected chi connectivity index (χ2v) is 3.97. The average Bonchev–Trinajstić information content (AvgIpc) is 2.44. The summed E-state index contributed by atoms with van der Waals surface area (Å²) < 4.78 is 10.0. The first-order valence-electron chi connectivity index (χ1n) is 6.07. The fourth-order valence-corrected chi connectivity index (χ4v) is 1.66. The van der Waals surface area contributed by atoms with Crippen molar-refractivity contribution in [2.45, 2.75) is 13.3 Å². The molecule has 1 aromatic rings. The van der Waals surface area contributed by atoms with E-state index in [2.05, 4.69) is 6.07 Å². The molecule has 0 N–H and O–H groups in total. The molecule has 1 aromatic carbocycles. The van der Waals surface area contributed by atoms with E-state index < -0.39 is 0 Å². The van der Waals surface area contributed by atoms with Gasteiger partial charge >= 0.3 is 5.97 Å². The van der Waals surface area contributed by atoms with Gasteiger partial charge in [-0.25, -0.2) is 0 Å². The van der Waals surface area contributed by atoms with Gasteiger partial charge in [-0.3, -0.25) is 4.79 Å². The van der Waals surface area contributed by atoms with E-state index in [0.29, 0.717) is 24.5 Å². The van der Waals surface area contributed by atoms with Crippen molar-refractivity contribution >= 4 is 11.7 Å². The third-order valence-corrected chi connectivity index (χ3v) is 2.69. The van der Waals surface area contributed by atoms with Crippen LogP contribution in [-0.2, 0) is 9.53 Å². The number of anilines is 1. The van der Waals surface area contributed by atoms with Gasteiger partial charge in [0.05, 0.1) is 31.4 Å². The third kappa shape index (κ3) is 4.18. The molecule has 0 aliphatic carbocycles. The van der Waals surface area contributed by atoms with Crippen LogP contribution in [0.25, 0.3) is 0 Å². The number of rotatable bonds is 6. The molecule has 0 bridgehead atoms. The number of ether oxygens (including phenoxy) is 2. The number of methoxy groups -OCH3 is 1. The summed E-state index contributed by atoms with van der Waals surface area (Å²) in [6.45, 7) is 2.64. The van der Waals surface area contributed by atoms with Crippen LogP contribution in [0.5, 0.6) is 5.75 Å². The van der Waals surface area contributed by atoms with E-state index >= 15 is 0 Å². The van der Waals surface area contributed by atoms with Gasteiger partial charge in [-0.05, 0) is 19.1 Å². The Bertz CT molecular complexity index is 480. The van der Waals surface area contributed by atoms with Crippen molar-refractivity contribution in [3.63, 3.8) is 0 Å². The summed E-state index contributed by atoms with van der Waals surface area (Å²) in [6, 6.07) is 7.35. The molecule has 0 saturated heterocycles. The van der Waals surface area contributed by atoms with Gasteiger partial charge in [0, 0.05) is 19.7 Å². The average molecular weight is 262 g/mol. The van der Waals surface area contributed by atoms with Crippen molar-refractivity contribution in [2.24, 2.45) is 0 Å². The predicted octanol–water partition coefficient (Wildman–Crippen LogP) is 1.96.